The molecular formula is C16H25ClN2. The highest BCUT2D eigenvalue weighted by Gasteiger charge is 2.31. The molecule has 0 spiro atoms. The molecule has 19 heavy (non-hydrogen) atoms. The van der Waals surface area contributed by atoms with E-state index in [2.05, 4.69) is 30.2 Å². The van der Waals surface area contributed by atoms with E-state index in [1.54, 1.807) is 6.20 Å². The van der Waals surface area contributed by atoms with Crippen molar-refractivity contribution in [1.82, 2.24) is 10.3 Å². The molecule has 1 N–H and O–H groups in total. The summed E-state index contributed by atoms with van der Waals surface area (Å²) in [5, 5.41) is 4.36. The minimum absolute atomic E-state index is 0.382. The van der Waals surface area contributed by atoms with Crippen LogP contribution in [0.1, 0.15) is 57.7 Å². The number of nitrogens with zero attached hydrogens (tertiary/aromatic N) is 1. The Morgan fingerprint density at radius 3 is 2.74 bits per heavy atom. The predicted molar refractivity (Wildman–Crippen MR) is 81.4 cm³/mol. The number of halogens is 1. The Morgan fingerprint density at radius 1 is 1.32 bits per heavy atom. The quantitative estimate of drug-likeness (QED) is 0.852. The van der Waals surface area contributed by atoms with Crippen LogP contribution in [-0.2, 0) is 0 Å². The Morgan fingerprint density at radius 2 is 2.11 bits per heavy atom. The first-order chi connectivity index (χ1) is 9.26. The lowest BCUT2D eigenvalue weighted by Gasteiger charge is -2.37. The van der Waals surface area contributed by atoms with Crippen LogP contribution in [0.5, 0.6) is 0 Å². The van der Waals surface area contributed by atoms with Crippen molar-refractivity contribution in [3.05, 3.63) is 29.0 Å². The maximum atomic E-state index is 5.95. The first-order valence-corrected chi connectivity index (χ1v) is 7.98. The molecule has 0 radical (unpaired) electrons. The summed E-state index contributed by atoms with van der Waals surface area (Å²) >= 11 is 5.95. The van der Waals surface area contributed by atoms with Crippen LogP contribution in [0, 0.1) is 11.8 Å². The molecule has 2 nitrogen and oxygen atoms in total. The molecule has 0 bridgehead atoms. The molecule has 106 valence electrons. The van der Waals surface area contributed by atoms with E-state index in [0.717, 1.165) is 23.2 Å². The number of rotatable bonds is 5. The first-order valence-electron chi connectivity index (χ1n) is 7.61. The molecule has 0 aromatic carbocycles. The van der Waals surface area contributed by atoms with E-state index in [0.29, 0.717) is 12.0 Å². The third-order valence-electron chi connectivity index (χ3n) is 4.41. The van der Waals surface area contributed by atoms with E-state index in [-0.39, 0.29) is 0 Å². The molecule has 1 saturated carbocycles. The molecule has 1 fully saturated rings. The topological polar surface area (TPSA) is 24.9 Å². The Balaban J connectivity index is 2.20. The lowest BCUT2D eigenvalue weighted by molar-refractivity contribution is 0.174. The summed E-state index contributed by atoms with van der Waals surface area (Å²) in [5.41, 5.74) is 1.15. The molecule has 0 amide bonds. The molecule has 3 unspecified atom stereocenters. The van der Waals surface area contributed by atoms with E-state index >= 15 is 0 Å². The molecule has 1 heterocycles. The molecule has 3 heteroatoms. The van der Waals surface area contributed by atoms with Gasteiger partial charge in [0.15, 0.2) is 0 Å². The van der Waals surface area contributed by atoms with Gasteiger partial charge in [0.25, 0.3) is 0 Å². The number of aromatic nitrogens is 1. The van der Waals surface area contributed by atoms with Crippen LogP contribution >= 0.6 is 11.6 Å². The van der Waals surface area contributed by atoms with Crippen molar-refractivity contribution in [3.8, 4) is 0 Å². The maximum Gasteiger partial charge on any atom is 0.0589 e. The van der Waals surface area contributed by atoms with Gasteiger partial charge in [-0.05, 0) is 36.9 Å². The van der Waals surface area contributed by atoms with Crippen LogP contribution < -0.4 is 5.32 Å². The summed E-state index contributed by atoms with van der Waals surface area (Å²) < 4.78 is 0. The summed E-state index contributed by atoms with van der Waals surface area (Å²) in [6.07, 6.45) is 8.49. The molecular weight excluding hydrogens is 256 g/mol. The smallest absolute Gasteiger partial charge is 0.0589 e. The van der Waals surface area contributed by atoms with E-state index in [1.807, 2.05) is 6.07 Å². The van der Waals surface area contributed by atoms with Gasteiger partial charge in [0, 0.05) is 6.20 Å². The lowest BCUT2D eigenvalue weighted by atomic mass is 9.73. The van der Waals surface area contributed by atoms with Crippen LogP contribution in [0.15, 0.2) is 18.3 Å². The van der Waals surface area contributed by atoms with Crippen molar-refractivity contribution in [2.45, 2.75) is 52.0 Å². The van der Waals surface area contributed by atoms with E-state index in [9.17, 15) is 0 Å². The second-order valence-corrected chi connectivity index (χ2v) is 5.99. The van der Waals surface area contributed by atoms with Gasteiger partial charge in [0.05, 0.1) is 16.8 Å². The van der Waals surface area contributed by atoms with Gasteiger partial charge >= 0.3 is 0 Å². The van der Waals surface area contributed by atoms with Crippen molar-refractivity contribution in [3.63, 3.8) is 0 Å². The number of hydrogen-bond donors (Lipinski definition) is 1. The van der Waals surface area contributed by atoms with Crippen molar-refractivity contribution < 1.29 is 0 Å². The van der Waals surface area contributed by atoms with Gasteiger partial charge < -0.3 is 5.32 Å². The van der Waals surface area contributed by atoms with E-state index < -0.39 is 0 Å². The minimum Gasteiger partial charge on any atom is -0.309 e. The molecule has 1 aliphatic carbocycles. The Bertz CT molecular complexity index is 377. The fourth-order valence-corrected chi connectivity index (χ4v) is 3.56. The van der Waals surface area contributed by atoms with E-state index in [4.69, 9.17) is 11.6 Å². The molecule has 2 rings (SSSR count). The zero-order chi connectivity index (χ0) is 13.7. The summed E-state index contributed by atoms with van der Waals surface area (Å²) in [6, 6.07) is 4.42. The van der Waals surface area contributed by atoms with Crippen molar-refractivity contribution in [2.75, 3.05) is 6.54 Å². The summed E-state index contributed by atoms with van der Waals surface area (Å²) in [4.78, 5) is 4.55. The average molecular weight is 281 g/mol. The number of pyridine rings is 1. The van der Waals surface area contributed by atoms with Crippen LogP contribution in [-0.4, -0.2) is 11.5 Å². The summed E-state index contributed by atoms with van der Waals surface area (Å²) in [7, 11) is 0. The van der Waals surface area contributed by atoms with E-state index in [1.165, 1.54) is 32.1 Å². The largest absolute Gasteiger partial charge is 0.309 e. The minimum atomic E-state index is 0.382. The van der Waals surface area contributed by atoms with Crippen LogP contribution in [0.25, 0.3) is 0 Å². The van der Waals surface area contributed by atoms with Crippen LogP contribution in [0.3, 0.4) is 0 Å². The Kier molecular flexibility index (Phi) is 5.65. The number of nitrogens with one attached hydrogen (secondary N) is 1. The average Bonchev–Trinajstić information content (AvgIpc) is 2.46. The SMILES string of the molecule is CCNC(c1ccc(Cl)cn1)C1CCCCC1CC. The fourth-order valence-electron chi connectivity index (χ4n) is 3.45. The Labute approximate surface area is 122 Å². The van der Waals surface area contributed by atoms with Gasteiger partial charge in [0.1, 0.15) is 0 Å². The highest BCUT2D eigenvalue weighted by atomic mass is 35.5. The molecule has 0 aliphatic heterocycles. The summed E-state index contributed by atoms with van der Waals surface area (Å²) in [6.45, 7) is 5.48. The maximum absolute atomic E-state index is 5.95. The van der Waals surface area contributed by atoms with Crippen LogP contribution in [0.2, 0.25) is 5.02 Å². The van der Waals surface area contributed by atoms with Gasteiger partial charge in [-0.1, -0.05) is 51.1 Å². The predicted octanol–water partition coefficient (Wildman–Crippen LogP) is 4.60. The van der Waals surface area contributed by atoms with Gasteiger partial charge in [-0.15, -0.1) is 0 Å². The lowest BCUT2D eigenvalue weighted by Crippen LogP contribution is -2.34. The van der Waals surface area contributed by atoms with Gasteiger partial charge in [-0.2, -0.15) is 0 Å². The molecule has 0 saturated heterocycles. The monoisotopic (exact) mass is 280 g/mol. The second-order valence-electron chi connectivity index (χ2n) is 5.55. The van der Waals surface area contributed by atoms with Crippen molar-refractivity contribution >= 4 is 11.6 Å². The third kappa shape index (κ3) is 3.70. The second kappa shape index (κ2) is 7.25. The highest BCUT2D eigenvalue weighted by molar-refractivity contribution is 6.30. The van der Waals surface area contributed by atoms with Crippen LogP contribution in [0.4, 0.5) is 0 Å². The standard InChI is InChI=1S/C16H25ClN2/c1-3-12-7-5-6-8-14(12)16(18-4-2)15-10-9-13(17)11-19-15/h9-12,14,16,18H,3-8H2,1-2H3. The van der Waals surface area contributed by atoms with Gasteiger partial charge in [-0.25, -0.2) is 0 Å². The molecule has 1 aromatic rings. The van der Waals surface area contributed by atoms with Crippen molar-refractivity contribution in [2.24, 2.45) is 11.8 Å². The summed E-state index contributed by atoms with van der Waals surface area (Å²) in [5.74, 6) is 1.54. The zero-order valence-electron chi connectivity index (χ0n) is 12.0. The van der Waals surface area contributed by atoms with Crippen molar-refractivity contribution in [1.29, 1.82) is 0 Å². The van der Waals surface area contributed by atoms with Gasteiger partial charge in [-0.3, -0.25) is 4.98 Å². The zero-order valence-corrected chi connectivity index (χ0v) is 12.8. The third-order valence-corrected chi connectivity index (χ3v) is 4.64. The Hall–Kier alpha value is -0.600. The molecule has 3 atom stereocenters. The molecule has 1 aliphatic rings. The fraction of sp³-hybridized carbons (Fsp3) is 0.688. The molecule has 1 aromatic heterocycles. The normalized spacial score (nSPS) is 25.2. The highest BCUT2D eigenvalue weighted by Crippen LogP contribution is 2.39. The first kappa shape index (κ1) is 14.8. The van der Waals surface area contributed by atoms with Gasteiger partial charge in [0.2, 0.25) is 0 Å². The number of hydrogen-bond acceptors (Lipinski definition) is 2.